The number of nitrogens with two attached hydrogens (primary N) is 1. The Bertz CT molecular complexity index is 1380. The average Bonchev–Trinajstić information content (AvgIpc) is 3.52. The molecule has 0 bridgehead atoms. The summed E-state index contributed by atoms with van der Waals surface area (Å²) >= 11 is 0. The zero-order valence-corrected chi connectivity index (χ0v) is 19.3. The third-order valence-corrected chi connectivity index (χ3v) is 6.92. The van der Waals surface area contributed by atoms with Gasteiger partial charge in [-0.25, -0.2) is 14.3 Å². The minimum Gasteiger partial charge on any atom is -0.364 e. The molecule has 1 aromatic heterocycles. The van der Waals surface area contributed by atoms with Crippen LogP contribution in [0.2, 0.25) is 0 Å². The van der Waals surface area contributed by atoms with Crippen molar-refractivity contribution in [2.75, 3.05) is 6.54 Å². The number of aromatic nitrogens is 2. The number of nitrogens with zero attached hydrogens (tertiary/aromatic N) is 2. The highest BCUT2D eigenvalue weighted by Crippen LogP contribution is 2.39. The highest BCUT2D eigenvalue weighted by atomic mass is 16.2. The molecule has 35 heavy (non-hydrogen) atoms. The number of fused-ring (bicyclic) bond motifs is 1. The molecule has 176 valence electrons. The Hall–Kier alpha value is -4.10. The third-order valence-electron chi connectivity index (χ3n) is 6.92. The molecule has 7 nitrogen and oxygen atoms in total. The molecule has 7 heteroatoms. The summed E-state index contributed by atoms with van der Waals surface area (Å²) < 4.78 is -0.232. The summed E-state index contributed by atoms with van der Waals surface area (Å²) in [6.07, 6.45) is 1.72. The Kier molecular flexibility index (Phi) is 6.01. The maximum atomic E-state index is 14.0. The molecule has 3 aromatic carbocycles. The van der Waals surface area contributed by atoms with Gasteiger partial charge in [-0.15, -0.1) is 0 Å². The lowest BCUT2D eigenvalue weighted by Gasteiger charge is -2.36. The summed E-state index contributed by atoms with van der Waals surface area (Å²) in [6, 6.07) is 23.1. The van der Waals surface area contributed by atoms with Crippen LogP contribution in [0.15, 0.2) is 78.9 Å². The molecule has 0 radical (unpaired) electrons. The lowest BCUT2D eigenvalue weighted by molar-refractivity contribution is -0.136. The Morgan fingerprint density at radius 3 is 2.43 bits per heavy atom. The van der Waals surface area contributed by atoms with E-state index in [1.807, 2.05) is 30.3 Å². The molecule has 5 rings (SSSR count). The van der Waals surface area contributed by atoms with E-state index in [4.69, 9.17) is 5.73 Å². The first-order valence-corrected chi connectivity index (χ1v) is 11.8. The Labute approximate surface area is 203 Å². The van der Waals surface area contributed by atoms with Gasteiger partial charge in [0.25, 0.3) is 5.91 Å². The third kappa shape index (κ3) is 4.04. The van der Waals surface area contributed by atoms with Crippen LogP contribution in [0.25, 0.3) is 11.0 Å². The van der Waals surface area contributed by atoms with Crippen LogP contribution in [0.4, 0.5) is 5.69 Å². The van der Waals surface area contributed by atoms with Crippen LogP contribution >= 0.6 is 0 Å². The molecular formula is C28H27N4O3+. The van der Waals surface area contributed by atoms with Crippen molar-refractivity contribution in [3.8, 4) is 0 Å². The van der Waals surface area contributed by atoms with E-state index in [9.17, 15) is 14.4 Å². The van der Waals surface area contributed by atoms with Crippen LogP contribution in [-0.2, 0) is 16.0 Å². The molecule has 1 aliphatic heterocycles. The number of primary amides is 1. The van der Waals surface area contributed by atoms with Gasteiger partial charge in [-0.3, -0.25) is 9.59 Å². The van der Waals surface area contributed by atoms with Gasteiger partial charge in [0.1, 0.15) is 5.82 Å². The van der Waals surface area contributed by atoms with Gasteiger partial charge >= 0.3 is 5.91 Å². The Morgan fingerprint density at radius 2 is 1.66 bits per heavy atom. The molecule has 1 fully saturated rings. The highest BCUT2D eigenvalue weighted by molar-refractivity contribution is 6.14. The van der Waals surface area contributed by atoms with Crippen molar-refractivity contribution in [3.05, 3.63) is 95.8 Å². The largest absolute Gasteiger partial charge is 0.364 e. The van der Waals surface area contributed by atoms with Gasteiger partial charge in [0.05, 0.1) is 29.6 Å². The maximum absolute atomic E-state index is 14.0. The standard InChI is InChI=1S/C28H26N4O3/c29-28(35)24-15-8-18-32(24,26(33)17-16-25-30-21-12-5-6-13-22(21)31-25)23-14-7-4-11-20(23)27(34)19-9-2-1-3-10-19/h1-7,9-14,24H,8,15-18H2,(H2-,29,30,31,35)/p+1/t24-,32?/m0/s1. The van der Waals surface area contributed by atoms with Crippen molar-refractivity contribution in [1.29, 1.82) is 0 Å². The zero-order chi connectivity index (χ0) is 24.4. The zero-order valence-electron chi connectivity index (χ0n) is 19.3. The minimum atomic E-state index is -0.720. The molecule has 1 aliphatic rings. The van der Waals surface area contributed by atoms with E-state index in [-0.39, 0.29) is 22.6 Å². The number of benzene rings is 3. The van der Waals surface area contributed by atoms with Crippen LogP contribution in [0.3, 0.4) is 0 Å². The predicted molar refractivity (Wildman–Crippen MR) is 135 cm³/mol. The second-order valence-corrected chi connectivity index (χ2v) is 8.96. The van der Waals surface area contributed by atoms with Crippen molar-refractivity contribution >= 4 is 34.3 Å². The molecular weight excluding hydrogens is 440 g/mol. The van der Waals surface area contributed by atoms with Crippen LogP contribution in [-0.4, -0.2) is 40.2 Å². The topological polar surface area (TPSA) is 106 Å². The Morgan fingerprint density at radius 1 is 0.943 bits per heavy atom. The first-order valence-electron chi connectivity index (χ1n) is 11.8. The van der Waals surface area contributed by atoms with Gasteiger partial charge < -0.3 is 10.7 Å². The number of aromatic amines is 1. The number of nitrogens with one attached hydrogen (secondary N) is 1. The van der Waals surface area contributed by atoms with Gasteiger partial charge in [-0.2, -0.15) is 0 Å². The number of para-hydroxylation sites is 3. The van der Waals surface area contributed by atoms with E-state index in [0.29, 0.717) is 48.4 Å². The first kappa shape index (κ1) is 22.7. The smallest absolute Gasteiger partial charge is 0.319 e. The summed E-state index contributed by atoms with van der Waals surface area (Å²) in [5.74, 6) is -0.137. The first-order chi connectivity index (χ1) is 17.0. The second kappa shape index (κ2) is 9.27. The van der Waals surface area contributed by atoms with E-state index in [2.05, 4.69) is 9.97 Å². The van der Waals surface area contributed by atoms with E-state index < -0.39 is 11.9 Å². The van der Waals surface area contributed by atoms with Crippen molar-refractivity contribution in [2.24, 2.45) is 5.73 Å². The molecule has 2 amide bonds. The highest BCUT2D eigenvalue weighted by Gasteiger charge is 2.53. The van der Waals surface area contributed by atoms with Crippen molar-refractivity contribution in [3.63, 3.8) is 0 Å². The molecule has 2 atom stereocenters. The van der Waals surface area contributed by atoms with E-state index >= 15 is 0 Å². The van der Waals surface area contributed by atoms with E-state index in [1.54, 1.807) is 48.5 Å². The summed E-state index contributed by atoms with van der Waals surface area (Å²) in [6.45, 7) is 0.422. The molecule has 2 heterocycles. The number of amides is 2. The number of carbonyl (C=O) groups excluding carboxylic acids is 3. The number of imidazole rings is 1. The minimum absolute atomic E-state index is 0.139. The molecule has 3 N–H and O–H groups in total. The number of hydrogen-bond donors (Lipinski definition) is 2. The number of rotatable bonds is 7. The number of ketones is 1. The monoisotopic (exact) mass is 467 g/mol. The van der Waals surface area contributed by atoms with Crippen LogP contribution in [0.1, 0.15) is 41.0 Å². The number of hydrogen-bond acceptors (Lipinski definition) is 4. The number of quaternary nitrogens is 1. The average molecular weight is 468 g/mol. The van der Waals surface area contributed by atoms with Gasteiger partial charge in [-0.1, -0.05) is 54.6 Å². The SMILES string of the molecule is NC(=O)[C@@H]1CCC[N+]1(C(=O)CCc1nc2ccccc2[nH]1)c1ccccc1C(=O)c1ccccc1. The van der Waals surface area contributed by atoms with Crippen LogP contribution in [0, 0.1) is 0 Å². The summed E-state index contributed by atoms with van der Waals surface area (Å²) in [4.78, 5) is 47.9. The van der Waals surface area contributed by atoms with Crippen molar-refractivity contribution in [1.82, 2.24) is 14.5 Å². The fraction of sp³-hybridized carbons (Fsp3) is 0.214. The number of H-pyrrole nitrogens is 1. The molecule has 1 unspecified atom stereocenters. The van der Waals surface area contributed by atoms with Crippen molar-refractivity contribution < 1.29 is 14.4 Å². The fourth-order valence-electron chi connectivity index (χ4n) is 5.30. The Balaban J connectivity index is 1.53. The molecule has 4 aromatic rings. The van der Waals surface area contributed by atoms with Gasteiger partial charge in [-0.05, 0) is 18.2 Å². The summed E-state index contributed by atoms with van der Waals surface area (Å²) in [5.41, 5.74) is 9.08. The lowest BCUT2D eigenvalue weighted by atomic mass is 9.98. The molecule has 0 spiro atoms. The second-order valence-electron chi connectivity index (χ2n) is 8.96. The molecule has 0 saturated carbocycles. The fourth-order valence-corrected chi connectivity index (χ4v) is 5.30. The molecule has 1 saturated heterocycles. The molecule has 0 aliphatic carbocycles. The number of aryl methyl sites for hydroxylation is 1. The number of carbonyl (C=O) groups is 3. The maximum Gasteiger partial charge on any atom is 0.319 e. The quantitative estimate of drug-likeness (QED) is 0.317. The lowest BCUT2D eigenvalue weighted by Crippen LogP contribution is -2.62. The predicted octanol–water partition coefficient (Wildman–Crippen LogP) is 3.91. The van der Waals surface area contributed by atoms with Gasteiger partial charge in [0.2, 0.25) is 0 Å². The van der Waals surface area contributed by atoms with E-state index in [0.717, 1.165) is 11.0 Å². The normalized spacial score (nSPS) is 19.6. The van der Waals surface area contributed by atoms with Gasteiger partial charge in [0, 0.05) is 30.9 Å². The summed E-state index contributed by atoms with van der Waals surface area (Å²) in [5, 5.41) is 0. The van der Waals surface area contributed by atoms with Crippen LogP contribution < -0.4 is 10.2 Å². The van der Waals surface area contributed by atoms with Gasteiger partial charge in [0.15, 0.2) is 17.5 Å². The van der Waals surface area contributed by atoms with E-state index in [1.165, 1.54) is 0 Å². The summed E-state index contributed by atoms with van der Waals surface area (Å²) in [7, 11) is 0. The van der Waals surface area contributed by atoms with Crippen molar-refractivity contribution in [2.45, 2.75) is 31.7 Å². The van der Waals surface area contributed by atoms with Crippen LogP contribution in [0.5, 0.6) is 0 Å². The number of likely N-dealkylation sites (tertiary alicyclic amines) is 1.